The minimum atomic E-state index is -4.06. The van der Waals surface area contributed by atoms with E-state index in [4.69, 9.17) is 45.1 Å². The number of anilines is 1. The third-order valence-corrected chi connectivity index (χ3v) is 8.17. The molecule has 1 aromatic carbocycles. The van der Waals surface area contributed by atoms with Crippen LogP contribution >= 0.6 is 19.4 Å². The van der Waals surface area contributed by atoms with E-state index in [1.807, 2.05) is 0 Å². The van der Waals surface area contributed by atoms with Crippen LogP contribution in [-0.2, 0) is 32.4 Å². The van der Waals surface area contributed by atoms with Gasteiger partial charge in [0.05, 0.1) is 25.9 Å². The number of aliphatic hydroxyl groups is 1. The van der Waals surface area contributed by atoms with Crippen LogP contribution in [0, 0.1) is 0 Å². The average molecular weight is 598 g/mol. The van der Waals surface area contributed by atoms with E-state index >= 15 is 0 Å². The first kappa shape index (κ1) is 28.7. The number of ether oxygens (including phenoxy) is 3. The van der Waals surface area contributed by atoms with Gasteiger partial charge in [-0.1, -0.05) is 23.7 Å². The average Bonchev–Trinajstić information content (AvgIpc) is 3.41. The predicted octanol–water partition coefficient (Wildman–Crippen LogP) is 3.34. The summed E-state index contributed by atoms with van der Waals surface area (Å²) in [6.07, 6.45) is -2.27. The van der Waals surface area contributed by atoms with Crippen molar-refractivity contribution in [2.24, 2.45) is 0 Å². The van der Waals surface area contributed by atoms with E-state index in [0.29, 0.717) is 17.0 Å². The minimum Gasteiger partial charge on any atom is -0.476 e. The number of benzene rings is 1. The molecule has 3 aromatic rings. The van der Waals surface area contributed by atoms with Gasteiger partial charge in [-0.25, -0.2) is 9.55 Å². The summed E-state index contributed by atoms with van der Waals surface area (Å²) in [5, 5.41) is 12.1. The number of nitrogens with zero attached hydrogens (tertiary/aromatic N) is 4. The van der Waals surface area contributed by atoms with Gasteiger partial charge >= 0.3 is 13.8 Å². The van der Waals surface area contributed by atoms with Gasteiger partial charge in [0.2, 0.25) is 11.8 Å². The number of imidazole rings is 1. The zero-order valence-corrected chi connectivity index (χ0v) is 23.6. The smallest absolute Gasteiger partial charge is 0.475 e. The number of carbonyl (C=O) groups is 1. The normalized spacial score (nSPS) is 30.4. The molecule has 14 nitrogen and oxygen atoms in total. The Morgan fingerprint density at radius 3 is 2.90 bits per heavy atom. The zero-order valence-electron chi connectivity index (χ0n) is 21.9. The van der Waals surface area contributed by atoms with Crippen molar-refractivity contribution in [3.05, 3.63) is 41.2 Å². The number of nitrogens with two attached hydrogens (primary N) is 1. The summed E-state index contributed by atoms with van der Waals surface area (Å²) in [7, 11) is -4.06. The second-order valence-electron chi connectivity index (χ2n) is 9.44. The molecule has 0 amide bonds. The van der Waals surface area contributed by atoms with E-state index in [1.54, 1.807) is 31.2 Å². The first-order chi connectivity index (χ1) is 19.0. The Morgan fingerprint density at radius 2 is 2.17 bits per heavy atom. The van der Waals surface area contributed by atoms with Gasteiger partial charge in [0.15, 0.2) is 23.5 Å². The second-order valence-corrected chi connectivity index (χ2v) is 11.5. The molecule has 2 aliphatic heterocycles. The number of hydrogen-bond acceptors (Lipinski definition) is 13. The maximum absolute atomic E-state index is 13.4. The van der Waals surface area contributed by atoms with Crippen molar-refractivity contribution < 1.29 is 42.2 Å². The lowest BCUT2D eigenvalue weighted by atomic mass is 9.96. The number of halogens is 1. The summed E-state index contributed by atoms with van der Waals surface area (Å²) in [6, 6.07) is 6.99. The highest BCUT2D eigenvalue weighted by Crippen LogP contribution is 2.57. The molecule has 5 rings (SSSR count). The van der Waals surface area contributed by atoms with Crippen LogP contribution in [0.4, 0.5) is 5.95 Å². The molecular formula is C24H29ClN5O9P. The lowest BCUT2D eigenvalue weighted by molar-refractivity contribution is -0.161. The monoisotopic (exact) mass is 597 g/mol. The molecule has 0 bridgehead atoms. The molecule has 2 aliphatic rings. The number of esters is 1. The molecule has 0 spiro atoms. The molecule has 2 saturated heterocycles. The summed E-state index contributed by atoms with van der Waals surface area (Å²) in [5.74, 6) is -0.581. The molecular weight excluding hydrogens is 569 g/mol. The molecule has 0 unspecified atom stereocenters. The molecule has 40 heavy (non-hydrogen) atoms. The summed E-state index contributed by atoms with van der Waals surface area (Å²) in [4.78, 5) is 24.5. The van der Waals surface area contributed by atoms with Crippen molar-refractivity contribution in [1.82, 2.24) is 19.5 Å². The Hall–Kier alpha value is -2.84. The lowest BCUT2D eigenvalue weighted by Gasteiger charge is -2.31. The van der Waals surface area contributed by atoms with Crippen LogP contribution in [0.15, 0.2) is 30.6 Å². The first-order valence-electron chi connectivity index (χ1n) is 12.5. The number of carbonyl (C=O) groups excluding carboxylic acids is 1. The van der Waals surface area contributed by atoms with Crippen LogP contribution in [0.2, 0.25) is 5.02 Å². The van der Waals surface area contributed by atoms with Crippen molar-refractivity contribution >= 4 is 42.5 Å². The largest absolute Gasteiger partial charge is 0.476 e. The van der Waals surface area contributed by atoms with Gasteiger partial charge in [0, 0.05) is 18.4 Å². The predicted molar refractivity (Wildman–Crippen MR) is 140 cm³/mol. The summed E-state index contributed by atoms with van der Waals surface area (Å²) >= 11 is 6.10. The molecule has 16 heteroatoms. The van der Waals surface area contributed by atoms with Crippen LogP contribution in [0.1, 0.15) is 45.1 Å². The molecule has 2 fully saturated rings. The fourth-order valence-corrected chi connectivity index (χ4v) is 6.35. The number of nitrogen functional groups attached to an aromatic ring is 1. The second kappa shape index (κ2) is 11.2. The van der Waals surface area contributed by atoms with E-state index in [2.05, 4.69) is 15.0 Å². The third-order valence-electron chi connectivity index (χ3n) is 6.46. The van der Waals surface area contributed by atoms with Gasteiger partial charge in [-0.15, -0.1) is 0 Å². The fourth-order valence-electron chi connectivity index (χ4n) is 4.76. The van der Waals surface area contributed by atoms with Gasteiger partial charge < -0.3 is 25.1 Å². The Morgan fingerprint density at radius 1 is 1.38 bits per heavy atom. The van der Waals surface area contributed by atoms with E-state index in [9.17, 15) is 14.5 Å². The van der Waals surface area contributed by atoms with E-state index < -0.39 is 50.5 Å². The molecule has 3 N–H and O–H groups in total. The van der Waals surface area contributed by atoms with Crippen LogP contribution in [-0.4, -0.2) is 68.2 Å². The van der Waals surface area contributed by atoms with Crippen molar-refractivity contribution in [3.63, 3.8) is 0 Å². The van der Waals surface area contributed by atoms with Gasteiger partial charge in [-0.3, -0.25) is 22.9 Å². The highest BCUT2D eigenvalue weighted by Gasteiger charge is 2.57. The highest BCUT2D eigenvalue weighted by atomic mass is 35.5. The number of fused-ring (bicyclic) bond motifs is 1. The standard InChI is InChI=1S/C24H29ClN5O9P/c1-4-34-21-18-20(28-23(26)29-21)27-12-30(18)22-24(3,32)19(37-13(2)31)17(38-22)11-36-40(33)35-9-8-16(39-40)14-6-5-7-15(25)10-14/h5-7,10,12,16-17,19,22,32H,4,8-9,11H2,1-3H3,(H2,26,28,29)/t16-,17+,19+,22+,24+,40+/m0/s1. The van der Waals surface area contributed by atoms with Crippen LogP contribution in [0.5, 0.6) is 5.88 Å². The molecule has 0 saturated carbocycles. The Balaban J connectivity index is 1.40. The maximum atomic E-state index is 13.4. The van der Waals surface area contributed by atoms with Crippen LogP contribution in [0.25, 0.3) is 11.2 Å². The fraction of sp³-hybridized carbons (Fsp3) is 0.500. The SMILES string of the molecule is CCOc1nc(N)nc2ncn([C@@H]3O[C@H](CO[P@@]4(=O)OCC[C@@H](c5cccc(Cl)c5)O4)[C@@H](OC(C)=O)[C@@]3(C)O)c12. The molecule has 4 heterocycles. The van der Waals surface area contributed by atoms with Crippen LogP contribution < -0.4 is 10.5 Å². The number of aromatic nitrogens is 4. The molecule has 216 valence electrons. The molecule has 6 atom stereocenters. The van der Waals surface area contributed by atoms with E-state index in [1.165, 1.54) is 24.7 Å². The first-order valence-corrected chi connectivity index (χ1v) is 14.4. The van der Waals surface area contributed by atoms with Gasteiger partial charge in [0.25, 0.3) is 0 Å². The van der Waals surface area contributed by atoms with Crippen molar-refractivity contribution in [2.75, 3.05) is 25.6 Å². The van der Waals surface area contributed by atoms with Gasteiger partial charge in [0.1, 0.15) is 18.0 Å². The summed E-state index contributed by atoms with van der Waals surface area (Å²) in [5.41, 5.74) is 5.20. The Bertz CT molecular complexity index is 1450. The molecule has 0 aliphatic carbocycles. The van der Waals surface area contributed by atoms with E-state index in [-0.39, 0.29) is 30.7 Å². The van der Waals surface area contributed by atoms with Gasteiger partial charge in [-0.05, 0) is 31.5 Å². The number of phosphoric ester groups is 1. The molecule has 2 aromatic heterocycles. The zero-order chi connectivity index (χ0) is 28.7. The number of phosphoric acid groups is 1. The van der Waals surface area contributed by atoms with Crippen LogP contribution in [0.3, 0.4) is 0 Å². The van der Waals surface area contributed by atoms with Crippen molar-refractivity contribution in [3.8, 4) is 5.88 Å². The highest BCUT2D eigenvalue weighted by molar-refractivity contribution is 7.48. The van der Waals surface area contributed by atoms with Gasteiger partial charge in [-0.2, -0.15) is 9.97 Å². The number of rotatable bonds is 8. The van der Waals surface area contributed by atoms with Crippen molar-refractivity contribution in [2.45, 2.75) is 57.3 Å². The summed E-state index contributed by atoms with van der Waals surface area (Å²) in [6.45, 7) is 4.38. The number of hydrogen-bond donors (Lipinski definition) is 2. The third kappa shape index (κ3) is 5.66. The van der Waals surface area contributed by atoms with E-state index in [0.717, 1.165) is 5.56 Å². The van der Waals surface area contributed by atoms with Crippen molar-refractivity contribution in [1.29, 1.82) is 0 Å². The topological polar surface area (TPSA) is 179 Å². The Kier molecular flexibility index (Phi) is 8.03. The maximum Gasteiger partial charge on any atom is 0.475 e. The Labute approximate surface area is 234 Å². The lowest BCUT2D eigenvalue weighted by Crippen LogP contribution is -2.47. The minimum absolute atomic E-state index is 0.0439. The molecule has 0 radical (unpaired) electrons. The quantitative estimate of drug-likeness (QED) is 0.285. The summed E-state index contributed by atoms with van der Waals surface area (Å²) < 4.78 is 48.8.